The van der Waals surface area contributed by atoms with E-state index in [-0.39, 0.29) is 0 Å². The Bertz CT molecular complexity index is 451. The molecule has 2 aromatic rings. The van der Waals surface area contributed by atoms with Gasteiger partial charge >= 0.3 is 5.97 Å². The lowest BCUT2D eigenvalue weighted by atomic mass is 10.1. The summed E-state index contributed by atoms with van der Waals surface area (Å²) < 4.78 is 0. The fraction of sp³-hybridized carbons (Fsp3) is 0. The summed E-state index contributed by atoms with van der Waals surface area (Å²) in [5.41, 5.74) is 2.92. The lowest BCUT2D eigenvalue weighted by Crippen LogP contribution is -1.95. The molecular weight excluding hydrogens is 198 g/mol. The molecule has 0 saturated heterocycles. The molecule has 0 fully saturated rings. The molecule has 1 aromatic carbocycles. The average molecular weight is 205 g/mol. The van der Waals surface area contributed by atoms with Gasteiger partial charge < -0.3 is 5.11 Å². The summed E-state index contributed by atoms with van der Waals surface area (Å²) in [5, 5.41) is 8.79. The number of carboxylic acids is 1. The summed E-state index contributed by atoms with van der Waals surface area (Å²) in [6, 6.07) is 6.83. The molecule has 1 N–H and O–H groups in total. The zero-order valence-electron chi connectivity index (χ0n) is 7.18. The summed E-state index contributed by atoms with van der Waals surface area (Å²) in [4.78, 5) is 15.6. The summed E-state index contributed by atoms with van der Waals surface area (Å²) in [7, 11) is 0. The van der Waals surface area contributed by atoms with Crippen molar-refractivity contribution in [2.75, 3.05) is 0 Å². The van der Waals surface area contributed by atoms with Crippen molar-refractivity contribution in [3.8, 4) is 10.4 Å². The largest absolute Gasteiger partial charge is 0.478 e. The maximum atomic E-state index is 10.7. The molecule has 0 spiro atoms. The van der Waals surface area contributed by atoms with Crippen LogP contribution >= 0.6 is 11.3 Å². The third-order valence-electron chi connectivity index (χ3n) is 1.83. The van der Waals surface area contributed by atoms with Crippen LogP contribution in [0.2, 0.25) is 0 Å². The Morgan fingerprint density at radius 3 is 2.93 bits per heavy atom. The predicted molar refractivity (Wildman–Crippen MR) is 54.5 cm³/mol. The highest BCUT2D eigenvalue weighted by molar-refractivity contribution is 7.13. The van der Waals surface area contributed by atoms with Crippen LogP contribution in [-0.2, 0) is 0 Å². The predicted octanol–water partition coefficient (Wildman–Crippen LogP) is 2.51. The van der Waals surface area contributed by atoms with Gasteiger partial charge in [-0.15, -0.1) is 11.3 Å². The molecular formula is C10H7NO2S. The van der Waals surface area contributed by atoms with Crippen LogP contribution in [-0.4, -0.2) is 16.1 Å². The second-order valence-corrected chi connectivity index (χ2v) is 3.64. The van der Waals surface area contributed by atoms with Crippen molar-refractivity contribution >= 4 is 17.3 Å². The number of carboxylic acid groups (broad SMARTS) is 1. The molecule has 0 atom stereocenters. The van der Waals surface area contributed by atoms with Crippen LogP contribution in [0.3, 0.4) is 0 Å². The molecule has 0 radical (unpaired) electrons. The Morgan fingerprint density at radius 2 is 2.29 bits per heavy atom. The third kappa shape index (κ3) is 1.65. The lowest BCUT2D eigenvalue weighted by Gasteiger charge is -1.98. The first-order chi connectivity index (χ1) is 6.77. The van der Waals surface area contributed by atoms with Crippen LogP contribution in [0.15, 0.2) is 36.0 Å². The normalized spacial score (nSPS) is 10.0. The highest BCUT2D eigenvalue weighted by Gasteiger charge is 2.04. The maximum Gasteiger partial charge on any atom is 0.335 e. The fourth-order valence-corrected chi connectivity index (χ4v) is 1.78. The lowest BCUT2D eigenvalue weighted by molar-refractivity contribution is 0.0697. The van der Waals surface area contributed by atoms with Crippen molar-refractivity contribution in [2.24, 2.45) is 0 Å². The van der Waals surface area contributed by atoms with E-state index < -0.39 is 5.97 Å². The first kappa shape index (κ1) is 8.90. The molecule has 0 bridgehead atoms. The summed E-state index contributed by atoms with van der Waals surface area (Å²) in [6.07, 6.45) is 1.73. The van der Waals surface area contributed by atoms with Gasteiger partial charge in [0.25, 0.3) is 0 Å². The zero-order valence-corrected chi connectivity index (χ0v) is 7.99. The van der Waals surface area contributed by atoms with Gasteiger partial charge in [-0.1, -0.05) is 12.1 Å². The van der Waals surface area contributed by atoms with E-state index in [1.165, 1.54) is 11.3 Å². The van der Waals surface area contributed by atoms with Gasteiger partial charge in [-0.2, -0.15) is 0 Å². The van der Waals surface area contributed by atoms with Crippen molar-refractivity contribution in [3.63, 3.8) is 0 Å². The molecule has 1 heterocycles. The minimum Gasteiger partial charge on any atom is -0.478 e. The van der Waals surface area contributed by atoms with E-state index in [1.54, 1.807) is 29.9 Å². The standard InChI is InChI=1S/C10H7NO2S/c12-10(13)8-3-1-2-7(4-8)9-5-11-6-14-9/h1-6H,(H,12,13). The van der Waals surface area contributed by atoms with E-state index in [2.05, 4.69) is 4.98 Å². The molecule has 0 aliphatic heterocycles. The van der Waals surface area contributed by atoms with Gasteiger partial charge in [-0.3, -0.25) is 4.98 Å². The fourth-order valence-electron chi connectivity index (χ4n) is 1.16. The van der Waals surface area contributed by atoms with Gasteiger partial charge in [0.2, 0.25) is 0 Å². The Kier molecular flexibility index (Phi) is 2.28. The van der Waals surface area contributed by atoms with Crippen LogP contribution in [0.5, 0.6) is 0 Å². The maximum absolute atomic E-state index is 10.7. The molecule has 0 saturated carbocycles. The molecule has 0 amide bonds. The number of benzene rings is 1. The Labute approximate surface area is 84.7 Å². The smallest absolute Gasteiger partial charge is 0.335 e. The topological polar surface area (TPSA) is 50.2 Å². The Hall–Kier alpha value is -1.68. The number of carbonyl (C=O) groups is 1. The number of hydrogen-bond acceptors (Lipinski definition) is 3. The molecule has 0 unspecified atom stereocenters. The molecule has 14 heavy (non-hydrogen) atoms. The van der Waals surface area contributed by atoms with E-state index in [4.69, 9.17) is 5.11 Å². The Balaban J connectivity index is 2.46. The van der Waals surface area contributed by atoms with Crippen LogP contribution < -0.4 is 0 Å². The van der Waals surface area contributed by atoms with Gasteiger partial charge in [0, 0.05) is 6.20 Å². The van der Waals surface area contributed by atoms with Gasteiger partial charge in [0.05, 0.1) is 16.0 Å². The van der Waals surface area contributed by atoms with Crippen LogP contribution in [0, 0.1) is 0 Å². The second kappa shape index (κ2) is 3.59. The van der Waals surface area contributed by atoms with Crippen LogP contribution in [0.25, 0.3) is 10.4 Å². The van der Waals surface area contributed by atoms with E-state index >= 15 is 0 Å². The first-order valence-electron chi connectivity index (χ1n) is 3.99. The molecule has 0 aliphatic rings. The minimum atomic E-state index is -0.906. The zero-order chi connectivity index (χ0) is 9.97. The first-order valence-corrected chi connectivity index (χ1v) is 4.87. The molecule has 4 heteroatoms. The molecule has 0 aliphatic carbocycles. The van der Waals surface area contributed by atoms with Crippen molar-refractivity contribution in [1.82, 2.24) is 4.98 Å². The van der Waals surface area contributed by atoms with Crippen molar-refractivity contribution in [2.45, 2.75) is 0 Å². The summed E-state index contributed by atoms with van der Waals surface area (Å²) >= 11 is 1.49. The van der Waals surface area contributed by atoms with Gasteiger partial charge in [0.1, 0.15) is 0 Å². The van der Waals surface area contributed by atoms with E-state index in [1.807, 2.05) is 6.07 Å². The van der Waals surface area contributed by atoms with E-state index in [0.717, 1.165) is 10.4 Å². The van der Waals surface area contributed by atoms with Crippen molar-refractivity contribution in [1.29, 1.82) is 0 Å². The Morgan fingerprint density at radius 1 is 1.43 bits per heavy atom. The highest BCUT2D eigenvalue weighted by atomic mass is 32.1. The molecule has 70 valence electrons. The monoisotopic (exact) mass is 205 g/mol. The summed E-state index contributed by atoms with van der Waals surface area (Å²) in [6.45, 7) is 0. The molecule has 1 aromatic heterocycles. The number of thiazole rings is 1. The number of aromatic carboxylic acids is 1. The van der Waals surface area contributed by atoms with E-state index in [9.17, 15) is 4.79 Å². The second-order valence-electron chi connectivity index (χ2n) is 2.75. The van der Waals surface area contributed by atoms with Crippen molar-refractivity contribution < 1.29 is 9.90 Å². The number of nitrogens with zero attached hydrogens (tertiary/aromatic N) is 1. The van der Waals surface area contributed by atoms with Crippen molar-refractivity contribution in [3.05, 3.63) is 41.5 Å². The SMILES string of the molecule is O=C(O)c1cccc(-c2cncs2)c1. The quantitative estimate of drug-likeness (QED) is 0.819. The van der Waals surface area contributed by atoms with Crippen LogP contribution in [0.4, 0.5) is 0 Å². The number of aromatic nitrogens is 1. The molecule has 2 rings (SSSR count). The highest BCUT2D eigenvalue weighted by Crippen LogP contribution is 2.23. The average Bonchev–Trinajstić information content (AvgIpc) is 2.71. The molecule has 3 nitrogen and oxygen atoms in total. The third-order valence-corrected chi connectivity index (χ3v) is 2.65. The van der Waals surface area contributed by atoms with Crippen LogP contribution in [0.1, 0.15) is 10.4 Å². The summed E-state index contributed by atoms with van der Waals surface area (Å²) in [5.74, 6) is -0.906. The van der Waals surface area contributed by atoms with Gasteiger partial charge in [0.15, 0.2) is 0 Å². The van der Waals surface area contributed by atoms with E-state index in [0.29, 0.717) is 5.56 Å². The van der Waals surface area contributed by atoms with Gasteiger partial charge in [-0.05, 0) is 17.7 Å². The number of rotatable bonds is 2. The van der Waals surface area contributed by atoms with Gasteiger partial charge in [-0.25, -0.2) is 4.79 Å². The minimum absolute atomic E-state index is 0.302. The number of hydrogen-bond donors (Lipinski definition) is 1.